The van der Waals surface area contributed by atoms with E-state index in [1.807, 2.05) is 6.07 Å². The first-order chi connectivity index (χ1) is 10.0. The molecular formula is C15H13FN4O. The van der Waals surface area contributed by atoms with Gasteiger partial charge in [-0.1, -0.05) is 19.9 Å². The van der Waals surface area contributed by atoms with Gasteiger partial charge in [0.2, 0.25) is 0 Å². The maximum absolute atomic E-state index is 14.0. The van der Waals surface area contributed by atoms with Gasteiger partial charge in [0, 0.05) is 5.92 Å². The van der Waals surface area contributed by atoms with Crippen LogP contribution in [-0.2, 0) is 4.79 Å². The number of hydrogen-bond acceptors (Lipinski definition) is 4. The molecule has 0 fully saturated rings. The second-order valence-electron chi connectivity index (χ2n) is 4.74. The normalized spacial score (nSPS) is 11.5. The first kappa shape index (κ1) is 14.6. The SMILES string of the molecule is CC(C)C(=O)C(C#N)=Cc1ccc(-n2cncn2)c(F)c1. The van der Waals surface area contributed by atoms with E-state index in [2.05, 4.69) is 10.1 Å². The van der Waals surface area contributed by atoms with E-state index in [4.69, 9.17) is 5.26 Å². The fourth-order valence-corrected chi connectivity index (χ4v) is 1.77. The van der Waals surface area contributed by atoms with Crippen LogP contribution in [0.3, 0.4) is 0 Å². The molecule has 0 N–H and O–H groups in total. The molecule has 5 nitrogen and oxygen atoms in total. The molecule has 0 bridgehead atoms. The van der Waals surface area contributed by atoms with E-state index in [0.29, 0.717) is 5.56 Å². The number of nitrogens with zero attached hydrogens (tertiary/aromatic N) is 4. The van der Waals surface area contributed by atoms with Crippen molar-refractivity contribution in [3.05, 3.63) is 47.8 Å². The molecule has 0 aliphatic heterocycles. The number of carbonyl (C=O) groups is 1. The second-order valence-corrected chi connectivity index (χ2v) is 4.74. The number of Topliss-reactive ketones (excluding diaryl/α,β-unsaturated/α-hetero) is 1. The van der Waals surface area contributed by atoms with Crippen LogP contribution in [0.15, 0.2) is 36.4 Å². The monoisotopic (exact) mass is 284 g/mol. The van der Waals surface area contributed by atoms with E-state index >= 15 is 0 Å². The molecule has 0 saturated heterocycles. The van der Waals surface area contributed by atoms with Crippen LogP contribution >= 0.6 is 0 Å². The van der Waals surface area contributed by atoms with Gasteiger partial charge in [-0.05, 0) is 23.8 Å². The average molecular weight is 284 g/mol. The van der Waals surface area contributed by atoms with Gasteiger partial charge in [-0.3, -0.25) is 4.79 Å². The highest BCUT2D eigenvalue weighted by Gasteiger charge is 2.14. The minimum atomic E-state index is -0.511. The largest absolute Gasteiger partial charge is 0.293 e. The van der Waals surface area contributed by atoms with Crippen LogP contribution < -0.4 is 0 Å². The first-order valence-corrected chi connectivity index (χ1v) is 6.33. The number of carbonyl (C=O) groups excluding carboxylic acids is 1. The van der Waals surface area contributed by atoms with Crippen molar-refractivity contribution in [3.63, 3.8) is 0 Å². The first-order valence-electron chi connectivity index (χ1n) is 6.33. The molecule has 0 unspecified atom stereocenters. The number of rotatable bonds is 4. The zero-order valence-corrected chi connectivity index (χ0v) is 11.6. The topological polar surface area (TPSA) is 71.6 Å². The molecule has 0 radical (unpaired) electrons. The van der Waals surface area contributed by atoms with E-state index in [0.717, 1.165) is 0 Å². The van der Waals surface area contributed by atoms with Crippen LogP contribution in [0, 0.1) is 23.1 Å². The molecule has 0 saturated carbocycles. The van der Waals surface area contributed by atoms with Crippen LogP contribution in [0.1, 0.15) is 19.4 Å². The molecule has 106 valence electrons. The lowest BCUT2D eigenvalue weighted by Gasteiger charge is -2.05. The van der Waals surface area contributed by atoms with Gasteiger partial charge in [-0.2, -0.15) is 10.4 Å². The summed E-state index contributed by atoms with van der Waals surface area (Å²) in [6.45, 7) is 3.42. The number of aromatic nitrogens is 3. The lowest BCUT2D eigenvalue weighted by Crippen LogP contribution is -2.08. The number of ketones is 1. The Balaban J connectivity index is 2.37. The van der Waals surface area contributed by atoms with Crippen molar-refractivity contribution in [1.29, 1.82) is 5.26 Å². The summed E-state index contributed by atoms with van der Waals surface area (Å²) in [6, 6.07) is 6.24. The van der Waals surface area contributed by atoms with Gasteiger partial charge in [-0.15, -0.1) is 0 Å². The van der Waals surface area contributed by atoms with Crippen LogP contribution in [-0.4, -0.2) is 20.5 Å². The Morgan fingerprint density at radius 2 is 2.24 bits per heavy atom. The summed E-state index contributed by atoms with van der Waals surface area (Å²) in [5.74, 6) is -1.06. The summed E-state index contributed by atoms with van der Waals surface area (Å²) in [7, 11) is 0. The Bertz CT molecular complexity index is 727. The molecule has 2 aromatic rings. The number of nitriles is 1. The average Bonchev–Trinajstić information content (AvgIpc) is 2.98. The minimum Gasteiger partial charge on any atom is -0.293 e. The molecule has 0 spiro atoms. The zero-order valence-electron chi connectivity index (χ0n) is 11.6. The minimum absolute atomic E-state index is 0.0119. The molecule has 1 aromatic carbocycles. The molecule has 0 aliphatic rings. The summed E-state index contributed by atoms with van der Waals surface area (Å²) >= 11 is 0. The van der Waals surface area contributed by atoms with Crippen molar-refractivity contribution in [2.45, 2.75) is 13.8 Å². The van der Waals surface area contributed by atoms with Crippen molar-refractivity contribution in [1.82, 2.24) is 14.8 Å². The quantitative estimate of drug-likeness (QED) is 0.639. The van der Waals surface area contributed by atoms with E-state index in [-0.39, 0.29) is 23.0 Å². The maximum atomic E-state index is 14.0. The molecule has 21 heavy (non-hydrogen) atoms. The van der Waals surface area contributed by atoms with E-state index in [9.17, 15) is 9.18 Å². The summed E-state index contributed by atoms with van der Waals surface area (Å²) < 4.78 is 15.3. The van der Waals surface area contributed by atoms with Gasteiger partial charge in [0.1, 0.15) is 30.2 Å². The van der Waals surface area contributed by atoms with Crippen LogP contribution in [0.5, 0.6) is 0 Å². The second kappa shape index (κ2) is 6.09. The Morgan fingerprint density at radius 3 is 2.76 bits per heavy atom. The molecule has 2 rings (SSSR count). The van der Waals surface area contributed by atoms with Gasteiger partial charge in [0.25, 0.3) is 0 Å². The van der Waals surface area contributed by atoms with Crippen LogP contribution in [0.2, 0.25) is 0 Å². The summed E-state index contributed by atoms with van der Waals surface area (Å²) in [5.41, 5.74) is 0.707. The summed E-state index contributed by atoms with van der Waals surface area (Å²) in [4.78, 5) is 15.6. The Morgan fingerprint density at radius 1 is 1.48 bits per heavy atom. The zero-order chi connectivity index (χ0) is 15.4. The molecule has 6 heteroatoms. The predicted octanol–water partition coefficient (Wildman–Crippen LogP) is 2.54. The van der Waals surface area contributed by atoms with Gasteiger partial charge in [-0.25, -0.2) is 14.1 Å². The third-order valence-corrected chi connectivity index (χ3v) is 2.86. The molecule has 0 aliphatic carbocycles. The van der Waals surface area contributed by atoms with Crippen LogP contribution in [0.25, 0.3) is 11.8 Å². The number of halogens is 1. The van der Waals surface area contributed by atoms with Crippen molar-refractivity contribution >= 4 is 11.9 Å². The van der Waals surface area contributed by atoms with E-state index < -0.39 is 5.82 Å². The highest BCUT2D eigenvalue weighted by Crippen LogP contribution is 2.17. The fourth-order valence-electron chi connectivity index (χ4n) is 1.77. The molecule has 1 heterocycles. The Kier molecular flexibility index (Phi) is 4.24. The van der Waals surface area contributed by atoms with Gasteiger partial charge in [0.15, 0.2) is 5.78 Å². The fraction of sp³-hybridized carbons (Fsp3) is 0.200. The number of hydrogen-bond donors (Lipinski definition) is 0. The van der Waals surface area contributed by atoms with Crippen molar-refractivity contribution in [2.75, 3.05) is 0 Å². The summed E-state index contributed by atoms with van der Waals surface area (Å²) in [6.07, 6.45) is 4.08. The van der Waals surface area contributed by atoms with Crippen molar-refractivity contribution in [2.24, 2.45) is 5.92 Å². The Labute approximate surface area is 121 Å². The molecule has 1 aromatic heterocycles. The lowest BCUT2D eigenvalue weighted by atomic mass is 10.00. The number of allylic oxidation sites excluding steroid dienone is 1. The standard InChI is InChI=1S/C15H13FN4O/c1-10(2)15(21)12(7-17)5-11-3-4-14(13(16)6-11)20-9-18-8-19-20/h3-6,8-10H,1-2H3. The maximum Gasteiger partial charge on any atom is 0.175 e. The van der Waals surface area contributed by atoms with Crippen LogP contribution in [0.4, 0.5) is 4.39 Å². The van der Waals surface area contributed by atoms with E-state index in [1.165, 1.54) is 35.5 Å². The van der Waals surface area contributed by atoms with Gasteiger partial charge < -0.3 is 0 Å². The molecule has 0 amide bonds. The van der Waals surface area contributed by atoms with Crippen molar-refractivity contribution in [3.8, 4) is 11.8 Å². The van der Waals surface area contributed by atoms with Crippen molar-refractivity contribution < 1.29 is 9.18 Å². The van der Waals surface area contributed by atoms with Gasteiger partial charge in [0.05, 0.1) is 5.57 Å². The Hall–Kier alpha value is -2.81. The molecule has 0 atom stereocenters. The van der Waals surface area contributed by atoms with Gasteiger partial charge >= 0.3 is 0 Å². The predicted molar refractivity (Wildman–Crippen MR) is 74.8 cm³/mol. The smallest absolute Gasteiger partial charge is 0.175 e. The van der Waals surface area contributed by atoms with E-state index in [1.54, 1.807) is 19.9 Å². The third kappa shape index (κ3) is 3.20. The highest BCUT2D eigenvalue weighted by atomic mass is 19.1. The summed E-state index contributed by atoms with van der Waals surface area (Å²) in [5, 5.41) is 12.9. The molecular weight excluding hydrogens is 271 g/mol. The number of benzene rings is 1. The lowest BCUT2D eigenvalue weighted by molar-refractivity contribution is -0.117. The third-order valence-electron chi connectivity index (χ3n) is 2.86. The highest BCUT2D eigenvalue weighted by molar-refractivity contribution is 6.04.